The highest BCUT2D eigenvalue weighted by molar-refractivity contribution is 5.26. The molecule has 0 aliphatic heterocycles. The van der Waals surface area contributed by atoms with Crippen molar-refractivity contribution in [3.05, 3.63) is 23.0 Å². The third kappa shape index (κ3) is 3.17. The lowest BCUT2D eigenvalue weighted by molar-refractivity contribution is 0.444. The summed E-state index contributed by atoms with van der Waals surface area (Å²) >= 11 is 0. The van der Waals surface area contributed by atoms with Crippen LogP contribution >= 0.6 is 0 Å². The number of hydrogen-bond acceptors (Lipinski definition) is 1. The molecule has 0 amide bonds. The third-order valence-corrected chi connectivity index (χ3v) is 4.38. The predicted octanol–water partition coefficient (Wildman–Crippen LogP) is 3.79. The number of aromatic nitrogens is 1. The molecule has 2 heteroatoms. The molecule has 1 atom stereocenters. The molecule has 102 valence electrons. The minimum Gasteiger partial charge on any atom is -0.349 e. The van der Waals surface area contributed by atoms with Gasteiger partial charge in [0.1, 0.15) is 0 Å². The minimum atomic E-state index is 0.710. The molecule has 18 heavy (non-hydrogen) atoms. The van der Waals surface area contributed by atoms with Gasteiger partial charge >= 0.3 is 0 Å². The zero-order chi connectivity index (χ0) is 13.1. The van der Waals surface area contributed by atoms with Crippen LogP contribution in [0.15, 0.2) is 6.07 Å². The van der Waals surface area contributed by atoms with Crippen molar-refractivity contribution in [2.24, 2.45) is 5.92 Å². The van der Waals surface area contributed by atoms with Gasteiger partial charge in [0.25, 0.3) is 0 Å². The lowest BCUT2D eigenvalue weighted by Crippen LogP contribution is -2.28. The van der Waals surface area contributed by atoms with Crippen molar-refractivity contribution in [2.45, 2.75) is 72.5 Å². The van der Waals surface area contributed by atoms with Gasteiger partial charge in [0.05, 0.1) is 0 Å². The van der Waals surface area contributed by atoms with E-state index in [9.17, 15) is 0 Å². The summed E-state index contributed by atoms with van der Waals surface area (Å²) < 4.78 is 2.40. The van der Waals surface area contributed by atoms with Crippen molar-refractivity contribution in [1.29, 1.82) is 0 Å². The lowest BCUT2D eigenvalue weighted by Gasteiger charge is -2.16. The van der Waals surface area contributed by atoms with Crippen LogP contribution in [0.4, 0.5) is 0 Å². The Morgan fingerprint density at radius 2 is 2.06 bits per heavy atom. The highest BCUT2D eigenvalue weighted by atomic mass is 15.0. The lowest BCUT2D eigenvalue weighted by atomic mass is 10.1. The Hall–Kier alpha value is -0.760. The van der Waals surface area contributed by atoms with Gasteiger partial charge in [-0.25, -0.2) is 0 Å². The molecule has 0 bridgehead atoms. The second-order valence-electron chi connectivity index (χ2n) is 5.81. The fourth-order valence-electron chi connectivity index (χ4n) is 2.94. The van der Waals surface area contributed by atoms with Crippen molar-refractivity contribution >= 4 is 0 Å². The second-order valence-corrected chi connectivity index (χ2v) is 5.81. The van der Waals surface area contributed by atoms with E-state index in [1.165, 1.54) is 42.6 Å². The van der Waals surface area contributed by atoms with E-state index in [0.29, 0.717) is 6.04 Å². The summed E-state index contributed by atoms with van der Waals surface area (Å²) in [5.41, 5.74) is 4.30. The molecule has 1 saturated carbocycles. The van der Waals surface area contributed by atoms with E-state index in [0.717, 1.165) is 19.0 Å². The molecule has 1 aliphatic rings. The average Bonchev–Trinajstić information content (AvgIpc) is 3.12. The highest BCUT2D eigenvalue weighted by Crippen LogP contribution is 2.34. The normalized spacial score (nSPS) is 17.1. The van der Waals surface area contributed by atoms with Crippen LogP contribution in [0.5, 0.6) is 0 Å². The van der Waals surface area contributed by atoms with E-state index >= 15 is 0 Å². The maximum atomic E-state index is 3.75. The second kappa shape index (κ2) is 5.92. The van der Waals surface area contributed by atoms with Crippen LogP contribution in [0.3, 0.4) is 0 Å². The molecule has 1 aromatic rings. The van der Waals surface area contributed by atoms with E-state index in [4.69, 9.17) is 0 Å². The zero-order valence-electron chi connectivity index (χ0n) is 12.4. The summed E-state index contributed by atoms with van der Waals surface area (Å²) in [5, 5.41) is 3.75. The molecule has 1 N–H and O–H groups in total. The summed E-state index contributed by atoms with van der Waals surface area (Å²) in [6.07, 6.45) is 5.55. The Balaban J connectivity index is 1.91. The largest absolute Gasteiger partial charge is 0.349 e. The van der Waals surface area contributed by atoms with Gasteiger partial charge in [-0.1, -0.05) is 19.8 Å². The SMILES string of the molecule is CCC(CC1CC1)NCc1cc(C)n(CC)c1C. The molecule has 1 aromatic heterocycles. The first-order valence-corrected chi connectivity index (χ1v) is 7.54. The Bertz CT molecular complexity index is 388. The van der Waals surface area contributed by atoms with Gasteiger partial charge in [0.15, 0.2) is 0 Å². The molecule has 0 radical (unpaired) electrons. The molecule has 0 spiro atoms. The zero-order valence-corrected chi connectivity index (χ0v) is 12.4. The highest BCUT2D eigenvalue weighted by Gasteiger charge is 2.24. The molecular weight excluding hydrogens is 220 g/mol. The molecular formula is C16H28N2. The molecule has 0 aromatic carbocycles. The Morgan fingerprint density at radius 3 is 2.56 bits per heavy atom. The van der Waals surface area contributed by atoms with Crippen LogP contribution in [0.2, 0.25) is 0 Å². The van der Waals surface area contributed by atoms with Gasteiger partial charge in [-0.3, -0.25) is 0 Å². The van der Waals surface area contributed by atoms with Crippen molar-refractivity contribution in [2.75, 3.05) is 0 Å². The topological polar surface area (TPSA) is 17.0 Å². The van der Waals surface area contributed by atoms with Crippen LogP contribution in [0.25, 0.3) is 0 Å². The standard InChI is InChI=1S/C16H28N2/c1-5-16(10-14-7-8-14)17-11-15-9-12(3)18(6-2)13(15)4/h9,14,16-17H,5-8,10-11H2,1-4H3. The average molecular weight is 248 g/mol. The van der Waals surface area contributed by atoms with E-state index in [1.807, 2.05) is 0 Å². The molecule has 1 heterocycles. The number of hydrogen-bond donors (Lipinski definition) is 1. The Labute approximate surface area is 112 Å². The van der Waals surface area contributed by atoms with Crippen LogP contribution in [-0.2, 0) is 13.1 Å². The maximum absolute atomic E-state index is 3.75. The van der Waals surface area contributed by atoms with Gasteiger partial charge in [0.2, 0.25) is 0 Å². The van der Waals surface area contributed by atoms with Gasteiger partial charge in [0, 0.05) is 30.5 Å². The Kier molecular flexibility index (Phi) is 4.50. The van der Waals surface area contributed by atoms with Crippen molar-refractivity contribution < 1.29 is 0 Å². The van der Waals surface area contributed by atoms with Gasteiger partial charge in [-0.05, 0) is 51.2 Å². The summed E-state index contributed by atoms with van der Waals surface area (Å²) in [7, 11) is 0. The van der Waals surface area contributed by atoms with Gasteiger partial charge < -0.3 is 9.88 Å². The molecule has 1 unspecified atom stereocenters. The van der Waals surface area contributed by atoms with E-state index in [2.05, 4.69) is 43.6 Å². The number of aryl methyl sites for hydroxylation is 1. The third-order valence-electron chi connectivity index (χ3n) is 4.38. The first-order chi connectivity index (χ1) is 8.65. The smallest absolute Gasteiger partial charge is 0.0225 e. The quantitative estimate of drug-likeness (QED) is 0.777. The van der Waals surface area contributed by atoms with Crippen LogP contribution in [0.1, 0.15) is 56.5 Å². The molecule has 1 fully saturated rings. The van der Waals surface area contributed by atoms with E-state index in [-0.39, 0.29) is 0 Å². The monoisotopic (exact) mass is 248 g/mol. The first-order valence-electron chi connectivity index (χ1n) is 7.54. The molecule has 2 nitrogen and oxygen atoms in total. The fourth-order valence-corrected chi connectivity index (χ4v) is 2.94. The maximum Gasteiger partial charge on any atom is 0.0225 e. The van der Waals surface area contributed by atoms with Gasteiger partial charge in [-0.2, -0.15) is 0 Å². The number of nitrogens with one attached hydrogen (secondary N) is 1. The van der Waals surface area contributed by atoms with Gasteiger partial charge in [-0.15, -0.1) is 0 Å². The van der Waals surface area contributed by atoms with Crippen LogP contribution < -0.4 is 5.32 Å². The van der Waals surface area contributed by atoms with Crippen molar-refractivity contribution in [1.82, 2.24) is 9.88 Å². The van der Waals surface area contributed by atoms with E-state index in [1.54, 1.807) is 0 Å². The summed E-state index contributed by atoms with van der Waals surface area (Å²) in [5.74, 6) is 1.02. The Morgan fingerprint density at radius 1 is 1.33 bits per heavy atom. The minimum absolute atomic E-state index is 0.710. The number of rotatable bonds is 7. The van der Waals surface area contributed by atoms with Crippen LogP contribution in [0, 0.1) is 19.8 Å². The first kappa shape index (κ1) is 13.7. The van der Waals surface area contributed by atoms with E-state index < -0.39 is 0 Å². The predicted molar refractivity (Wildman–Crippen MR) is 77.8 cm³/mol. The fraction of sp³-hybridized carbons (Fsp3) is 0.750. The molecule has 0 saturated heterocycles. The molecule has 1 aliphatic carbocycles. The van der Waals surface area contributed by atoms with Crippen molar-refractivity contribution in [3.63, 3.8) is 0 Å². The summed E-state index contributed by atoms with van der Waals surface area (Å²) in [4.78, 5) is 0. The molecule has 2 rings (SSSR count). The summed E-state index contributed by atoms with van der Waals surface area (Å²) in [6.45, 7) is 11.1. The van der Waals surface area contributed by atoms with Crippen molar-refractivity contribution in [3.8, 4) is 0 Å². The number of nitrogens with zero attached hydrogens (tertiary/aromatic N) is 1. The van der Waals surface area contributed by atoms with Crippen LogP contribution in [-0.4, -0.2) is 10.6 Å². The summed E-state index contributed by atoms with van der Waals surface area (Å²) in [6, 6.07) is 3.05.